The van der Waals surface area contributed by atoms with Crippen LogP contribution in [0.3, 0.4) is 0 Å². The number of furan rings is 1. The van der Waals surface area contributed by atoms with Crippen LogP contribution in [-0.4, -0.2) is 18.8 Å². The van der Waals surface area contributed by atoms with E-state index in [9.17, 15) is 5.11 Å². The molecule has 68 valence electrons. The van der Waals surface area contributed by atoms with Gasteiger partial charge in [0.15, 0.2) is 0 Å². The Labute approximate surface area is 72.0 Å². The lowest BCUT2D eigenvalue weighted by atomic mass is 10.0. The van der Waals surface area contributed by atoms with Crippen LogP contribution < -0.4 is 0 Å². The Bertz CT molecular complexity index is 214. The van der Waals surface area contributed by atoms with Crippen molar-refractivity contribution < 1.29 is 14.3 Å². The fourth-order valence-corrected chi connectivity index (χ4v) is 1.01. The Morgan fingerprint density at radius 2 is 2.42 bits per heavy atom. The van der Waals surface area contributed by atoms with Crippen LogP contribution in [0.15, 0.2) is 22.8 Å². The summed E-state index contributed by atoms with van der Waals surface area (Å²) in [7, 11) is 1.61. The van der Waals surface area contributed by atoms with E-state index in [1.165, 1.54) is 0 Å². The van der Waals surface area contributed by atoms with Gasteiger partial charge in [-0.05, 0) is 19.1 Å². The molecule has 1 rings (SSSR count). The smallest absolute Gasteiger partial charge is 0.135 e. The first-order valence-corrected chi connectivity index (χ1v) is 3.92. The zero-order valence-corrected chi connectivity index (χ0v) is 7.41. The standard InChI is InChI=1S/C9H14O3/c1-9(10,5-7-11-2)8-4-3-6-12-8/h3-4,6,10H,5,7H2,1-2H3. The second-order valence-electron chi connectivity index (χ2n) is 2.99. The average Bonchev–Trinajstić information content (AvgIpc) is 2.53. The van der Waals surface area contributed by atoms with Gasteiger partial charge in [-0.25, -0.2) is 0 Å². The summed E-state index contributed by atoms with van der Waals surface area (Å²) in [6.45, 7) is 2.23. The van der Waals surface area contributed by atoms with E-state index in [4.69, 9.17) is 9.15 Å². The van der Waals surface area contributed by atoms with Crippen LogP contribution in [0.5, 0.6) is 0 Å². The summed E-state index contributed by atoms with van der Waals surface area (Å²) in [5.41, 5.74) is -0.917. The molecule has 1 aromatic heterocycles. The van der Waals surface area contributed by atoms with Crippen molar-refractivity contribution in [1.29, 1.82) is 0 Å². The Balaban J connectivity index is 2.59. The number of rotatable bonds is 4. The molecule has 1 heterocycles. The predicted octanol–water partition coefficient (Wildman–Crippen LogP) is 1.52. The molecule has 0 saturated carbocycles. The minimum atomic E-state index is -0.917. The minimum absolute atomic E-state index is 0.522. The molecule has 0 fully saturated rings. The monoisotopic (exact) mass is 170 g/mol. The van der Waals surface area contributed by atoms with Crippen LogP contribution in [0.1, 0.15) is 19.1 Å². The van der Waals surface area contributed by atoms with E-state index >= 15 is 0 Å². The minimum Gasteiger partial charge on any atom is -0.466 e. The lowest BCUT2D eigenvalue weighted by molar-refractivity contribution is 0.00284. The highest BCUT2D eigenvalue weighted by atomic mass is 16.5. The van der Waals surface area contributed by atoms with Gasteiger partial charge in [-0.1, -0.05) is 0 Å². The van der Waals surface area contributed by atoms with Gasteiger partial charge in [0.1, 0.15) is 11.4 Å². The molecule has 0 aromatic carbocycles. The fourth-order valence-electron chi connectivity index (χ4n) is 1.01. The van der Waals surface area contributed by atoms with Crippen molar-refractivity contribution in [2.45, 2.75) is 18.9 Å². The zero-order chi connectivity index (χ0) is 9.03. The van der Waals surface area contributed by atoms with Gasteiger partial charge < -0.3 is 14.3 Å². The summed E-state index contributed by atoms with van der Waals surface area (Å²) in [4.78, 5) is 0. The van der Waals surface area contributed by atoms with Crippen molar-refractivity contribution in [3.8, 4) is 0 Å². The molecule has 0 aliphatic rings. The van der Waals surface area contributed by atoms with Crippen LogP contribution in [0.2, 0.25) is 0 Å². The number of hydrogen-bond acceptors (Lipinski definition) is 3. The van der Waals surface area contributed by atoms with Gasteiger partial charge in [-0.2, -0.15) is 0 Å². The number of aliphatic hydroxyl groups is 1. The SMILES string of the molecule is COCCC(C)(O)c1ccco1. The molecular formula is C9H14O3. The number of ether oxygens (including phenoxy) is 1. The molecule has 0 aliphatic heterocycles. The molecule has 1 aromatic rings. The van der Waals surface area contributed by atoms with Crippen molar-refractivity contribution in [2.75, 3.05) is 13.7 Å². The molecule has 0 aliphatic carbocycles. The summed E-state index contributed by atoms with van der Waals surface area (Å²) in [5.74, 6) is 0.583. The van der Waals surface area contributed by atoms with E-state index in [0.717, 1.165) is 0 Å². The van der Waals surface area contributed by atoms with E-state index in [1.807, 2.05) is 0 Å². The van der Waals surface area contributed by atoms with Gasteiger partial charge in [-0.3, -0.25) is 0 Å². The Hall–Kier alpha value is -0.800. The Morgan fingerprint density at radius 1 is 1.67 bits per heavy atom. The zero-order valence-electron chi connectivity index (χ0n) is 7.41. The highest BCUT2D eigenvalue weighted by molar-refractivity contribution is 5.07. The third kappa shape index (κ3) is 2.09. The summed E-state index contributed by atoms with van der Waals surface area (Å²) in [5, 5.41) is 9.83. The lowest BCUT2D eigenvalue weighted by Gasteiger charge is -2.19. The van der Waals surface area contributed by atoms with E-state index in [0.29, 0.717) is 18.8 Å². The van der Waals surface area contributed by atoms with Gasteiger partial charge in [-0.15, -0.1) is 0 Å². The highest BCUT2D eigenvalue weighted by Crippen LogP contribution is 2.24. The molecular weight excluding hydrogens is 156 g/mol. The predicted molar refractivity (Wildman–Crippen MR) is 44.8 cm³/mol. The third-order valence-electron chi connectivity index (χ3n) is 1.84. The highest BCUT2D eigenvalue weighted by Gasteiger charge is 2.25. The molecule has 1 unspecified atom stereocenters. The van der Waals surface area contributed by atoms with Crippen LogP contribution in [0.25, 0.3) is 0 Å². The molecule has 0 bridgehead atoms. The van der Waals surface area contributed by atoms with E-state index in [-0.39, 0.29) is 0 Å². The molecule has 1 atom stereocenters. The van der Waals surface area contributed by atoms with Crippen LogP contribution >= 0.6 is 0 Å². The topological polar surface area (TPSA) is 42.6 Å². The van der Waals surface area contributed by atoms with Gasteiger partial charge in [0, 0.05) is 20.1 Å². The van der Waals surface area contributed by atoms with Crippen LogP contribution in [0, 0.1) is 0 Å². The van der Waals surface area contributed by atoms with Gasteiger partial charge in [0.25, 0.3) is 0 Å². The number of methoxy groups -OCH3 is 1. The van der Waals surface area contributed by atoms with E-state index in [1.54, 1.807) is 32.4 Å². The Kier molecular flexibility index (Phi) is 2.89. The summed E-state index contributed by atoms with van der Waals surface area (Å²) in [6, 6.07) is 3.52. The largest absolute Gasteiger partial charge is 0.466 e. The fraction of sp³-hybridized carbons (Fsp3) is 0.556. The normalized spacial score (nSPS) is 15.9. The van der Waals surface area contributed by atoms with Crippen molar-refractivity contribution in [3.63, 3.8) is 0 Å². The maximum Gasteiger partial charge on any atom is 0.135 e. The van der Waals surface area contributed by atoms with Crippen molar-refractivity contribution in [2.24, 2.45) is 0 Å². The molecule has 3 nitrogen and oxygen atoms in total. The van der Waals surface area contributed by atoms with E-state index in [2.05, 4.69) is 0 Å². The van der Waals surface area contributed by atoms with Gasteiger partial charge >= 0.3 is 0 Å². The average molecular weight is 170 g/mol. The summed E-state index contributed by atoms with van der Waals surface area (Å²) < 4.78 is 9.96. The molecule has 1 N–H and O–H groups in total. The Morgan fingerprint density at radius 3 is 2.92 bits per heavy atom. The van der Waals surface area contributed by atoms with E-state index < -0.39 is 5.60 Å². The van der Waals surface area contributed by atoms with Crippen LogP contribution in [-0.2, 0) is 10.3 Å². The molecule has 0 amide bonds. The molecule has 12 heavy (non-hydrogen) atoms. The molecule has 3 heteroatoms. The first-order chi connectivity index (χ1) is 5.67. The first kappa shape index (κ1) is 9.29. The van der Waals surface area contributed by atoms with Crippen LogP contribution in [0.4, 0.5) is 0 Å². The van der Waals surface area contributed by atoms with Crippen molar-refractivity contribution in [1.82, 2.24) is 0 Å². The third-order valence-corrected chi connectivity index (χ3v) is 1.84. The molecule has 0 spiro atoms. The van der Waals surface area contributed by atoms with Gasteiger partial charge in [0.05, 0.1) is 6.26 Å². The van der Waals surface area contributed by atoms with Crippen molar-refractivity contribution >= 4 is 0 Å². The molecule has 0 radical (unpaired) electrons. The lowest BCUT2D eigenvalue weighted by Crippen LogP contribution is -2.22. The second-order valence-corrected chi connectivity index (χ2v) is 2.99. The summed E-state index contributed by atoms with van der Waals surface area (Å²) in [6.07, 6.45) is 2.09. The maximum atomic E-state index is 9.83. The van der Waals surface area contributed by atoms with Gasteiger partial charge in [0.2, 0.25) is 0 Å². The quantitative estimate of drug-likeness (QED) is 0.745. The first-order valence-electron chi connectivity index (χ1n) is 3.92. The molecule has 0 saturated heterocycles. The maximum absolute atomic E-state index is 9.83. The van der Waals surface area contributed by atoms with Crippen molar-refractivity contribution in [3.05, 3.63) is 24.2 Å². The summed E-state index contributed by atoms with van der Waals surface area (Å²) >= 11 is 0. The number of hydrogen-bond donors (Lipinski definition) is 1. The second kappa shape index (κ2) is 3.74.